The van der Waals surface area contributed by atoms with Crippen molar-refractivity contribution in [3.63, 3.8) is 0 Å². The van der Waals surface area contributed by atoms with Crippen molar-refractivity contribution in [1.82, 2.24) is 14.8 Å². The number of aromatic nitrogens is 1. The van der Waals surface area contributed by atoms with E-state index < -0.39 is 0 Å². The first kappa shape index (κ1) is 16.0. The Morgan fingerprint density at radius 3 is 2.65 bits per heavy atom. The van der Waals surface area contributed by atoms with Crippen LogP contribution >= 0.6 is 11.3 Å². The lowest BCUT2D eigenvalue weighted by Gasteiger charge is -2.38. The van der Waals surface area contributed by atoms with E-state index in [4.69, 9.17) is 0 Å². The number of rotatable bonds is 4. The standard InChI is InChI=1S/C17H21N3O2S/c1-12-16(9-15(10-21)18-12)17(22)20-6-4-19(5-7-20)13(2)14-3-8-23-11-14/h3,8-11,13,18H,4-7H2,1-2H3. The van der Waals surface area contributed by atoms with Gasteiger partial charge in [-0.1, -0.05) is 0 Å². The lowest BCUT2D eigenvalue weighted by Crippen LogP contribution is -2.49. The Labute approximate surface area is 139 Å². The predicted molar refractivity (Wildman–Crippen MR) is 91.1 cm³/mol. The molecule has 1 aliphatic rings. The Bertz CT molecular complexity index is 685. The van der Waals surface area contributed by atoms with Crippen LogP contribution in [0.15, 0.2) is 22.9 Å². The van der Waals surface area contributed by atoms with E-state index in [9.17, 15) is 9.59 Å². The number of nitrogens with zero attached hydrogens (tertiary/aromatic N) is 2. The minimum atomic E-state index is 0.00897. The van der Waals surface area contributed by atoms with E-state index in [1.54, 1.807) is 17.4 Å². The first-order valence-corrected chi connectivity index (χ1v) is 8.74. The van der Waals surface area contributed by atoms with Crippen molar-refractivity contribution >= 4 is 23.5 Å². The number of carbonyl (C=O) groups excluding carboxylic acids is 2. The number of amides is 1. The van der Waals surface area contributed by atoms with Crippen molar-refractivity contribution in [2.24, 2.45) is 0 Å². The van der Waals surface area contributed by atoms with Gasteiger partial charge in [-0.2, -0.15) is 11.3 Å². The highest BCUT2D eigenvalue weighted by atomic mass is 32.1. The summed E-state index contributed by atoms with van der Waals surface area (Å²) < 4.78 is 0. The van der Waals surface area contributed by atoms with Crippen LogP contribution in [0.25, 0.3) is 0 Å². The zero-order valence-corrected chi connectivity index (χ0v) is 14.2. The Morgan fingerprint density at radius 2 is 2.09 bits per heavy atom. The van der Waals surface area contributed by atoms with Crippen LogP contribution in [0.3, 0.4) is 0 Å². The molecule has 3 rings (SSSR count). The molecule has 6 heteroatoms. The maximum Gasteiger partial charge on any atom is 0.255 e. The first-order valence-electron chi connectivity index (χ1n) is 7.80. The fourth-order valence-corrected chi connectivity index (χ4v) is 3.82. The van der Waals surface area contributed by atoms with Crippen LogP contribution in [0.5, 0.6) is 0 Å². The molecule has 1 amide bonds. The molecule has 0 radical (unpaired) electrons. The molecule has 5 nitrogen and oxygen atoms in total. The van der Waals surface area contributed by atoms with Crippen LogP contribution in [0, 0.1) is 6.92 Å². The molecule has 122 valence electrons. The summed E-state index contributed by atoms with van der Waals surface area (Å²) in [5.41, 5.74) is 3.15. The fraction of sp³-hybridized carbons (Fsp3) is 0.412. The van der Waals surface area contributed by atoms with Crippen LogP contribution in [0.4, 0.5) is 0 Å². The molecule has 1 unspecified atom stereocenters. The molecule has 0 aromatic carbocycles. The first-order chi connectivity index (χ1) is 11.1. The zero-order valence-electron chi connectivity index (χ0n) is 13.4. The number of thiophene rings is 1. The highest BCUT2D eigenvalue weighted by Gasteiger charge is 2.26. The van der Waals surface area contributed by atoms with Gasteiger partial charge in [-0.15, -0.1) is 0 Å². The van der Waals surface area contributed by atoms with Crippen LogP contribution in [0.2, 0.25) is 0 Å². The molecule has 0 spiro atoms. The number of carbonyl (C=O) groups is 2. The Kier molecular flexibility index (Phi) is 4.63. The summed E-state index contributed by atoms with van der Waals surface area (Å²) in [4.78, 5) is 30.7. The van der Waals surface area contributed by atoms with Crippen molar-refractivity contribution < 1.29 is 9.59 Å². The molecule has 1 aliphatic heterocycles. The topological polar surface area (TPSA) is 56.4 Å². The van der Waals surface area contributed by atoms with Crippen LogP contribution < -0.4 is 0 Å². The van der Waals surface area contributed by atoms with E-state index in [0.717, 1.165) is 25.1 Å². The summed E-state index contributed by atoms with van der Waals surface area (Å²) in [5.74, 6) is 0.00897. The molecule has 2 aromatic rings. The summed E-state index contributed by atoms with van der Waals surface area (Å²) in [7, 11) is 0. The monoisotopic (exact) mass is 331 g/mol. The Hall–Kier alpha value is -1.92. The van der Waals surface area contributed by atoms with Crippen LogP contribution in [-0.2, 0) is 0 Å². The van der Waals surface area contributed by atoms with Gasteiger partial charge in [-0.3, -0.25) is 14.5 Å². The summed E-state index contributed by atoms with van der Waals surface area (Å²) >= 11 is 1.72. The molecule has 1 atom stereocenters. The molecular weight excluding hydrogens is 310 g/mol. The van der Waals surface area contributed by atoms with Gasteiger partial charge in [0.15, 0.2) is 6.29 Å². The van der Waals surface area contributed by atoms with E-state index in [1.165, 1.54) is 5.56 Å². The molecule has 2 aromatic heterocycles. The van der Waals surface area contributed by atoms with E-state index >= 15 is 0 Å². The van der Waals surface area contributed by atoms with E-state index in [-0.39, 0.29) is 5.91 Å². The average Bonchev–Trinajstić information content (AvgIpc) is 3.23. The van der Waals surface area contributed by atoms with Crippen molar-refractivity contribution in [2.75, 3.05) is 26.2 Å². The largest absolute Gasteiger partial charge is 0.356 e. The Morgan fingerprint density at radius 1 is 1.35 bits per heavy atom. The highest BCUT2D eigenvalue weighted by Crippen LogP contribution is 2.24. The van der Waals surface area contributed by atoms with Crippen molar-refractivity contribution in [1.29, 1.82) is 0 Å². The molecular formula is C17H21N3O2S. The zero-order chi connectivity index (χ0) is 16.4. The second kappa shape index (κ2) is 6.68. The number of hydrogen-bond donors (Lipinski definition) is 1. The van der Waals surface area contributed by atoms with Gasteiger partial charge >= 0.3 is 0 Å². The lowest BCUT2D eigenvalue weighted by molar-refractivity contribution is 0.0582. The summed E-state index contributed by atoms with van der Waals surface area (Å²) in [6.07, 6.45) is 0.740. The summed E-state index contributed by atoms with van der Waals surface area (Å²) in [6, 6.07) is 4.19. The van der Waals surface area contributed by atoms with E-state index in [2.05, 4.69) is 33.6 Å². The second-order valence-corrected chi connectivity index (χ2v) is 6.72. The Balaban J connectivity index is 1.63. The smallest absolute Gasteiger partial charge is 0.255 e. The van der Waals surface area contributed by atoms with Gasteiger partial charge < -0.3 is 9.88 Å². The third-order valence-electron chi connectivity index (χ3n) is 4.57. The predicted octanol–water partition coefficient (Wildman–Crippen LogP) is 2.72. The lowest BCUT2D eigenvalue weighted by atomic mass is 10.1. The number of aldehydes is 1. The summed E-state index contributed by atoms with van der Waals surface area (Å²) in [6.45, 7) is 7.21. The van der Waals surface area contributed by atoms with Crippen molar-refractivity contribution in [3.05, 3.63) is 45.4 Å². The van der Waals surface area contributed by atoms with Gasteiger partial charge in [0.1, 0.15) is 0 Å². The third-order valence-corrected chi connectivity index (χ3v) is 5.27. The molecule has 0 aliphatic carbocycles. The van der Waals surface area contributed by atoms with Gasteiger partial charge in [0.25, 0.3) is 5.91 Å². The summed E-state index contributed by atoms with van der Waals surface area (Å²) in [5, 5.41) is 4.29. The third kappa shape index (κ3) is 3.23. The molecule has 0 saturated carbocycles. The fourth-order valence-electron chi connectivity index (χ4n) is 3.08. The second-order valence-electron chi connectivity index (χ2n) is 5.94. The number of aryl methyl sites for hydroxylation is 1. The number of nitrogens with one attached hydrogen (secondary N) is 1. The van der Waals surface area contributed by atoms with Crippen LogP contribution in [0.1, 0.15) is 45.1 Å². The maximum absolute atomic E-state index is 12.6. The molecule has 1 saturated heterocycles. The molecule has 1 fully saturated rings. The van der Waals surface area contributed by atoms with Crippen molar-refractivity contribution in [3.8, 4) is 0 Å². The minimum Gasteiger partial charge on any atom is -0.356 e. The normalized spacial score (nSPS) is 17.2. The van der Waals surface area contributed by atoms with E-state index in [0.29, 0.717) is 30.4 Å². The van der Waals surface area contributed by atoms with E-state index in [1.807, 2.05) is 11.8 Å². The van der Waals surface area contributed by atoms with Gasteiger partial charge in [0.05, 0.1) is 11.3 Å². The number of H-pyrrole nitrogens is 1. The number of aromatic amines is 1. The number of hydrogen-bond acceptors (Lipinski definition) is 4. The molecule has 3 heterocycles. The SMILES string of the molecule is Cc1[nH]c(C=O)cc1C(=O)N1CCN(C(C)c2ccsc2)CC1. The van der Waals surface area contributed by atoms with Gasteiger partial charge in [0.2, 0.25) is 0 Å². The quantitative estimate of drug-likeness (QED) is 0.877. The molecule has 0 bridgehead atoms. The van der Waals surface area contributed by atoms with Crippen LogP contribution in [-0.4, -0.2) is 53.2 Å². The highest BCUT2D eigenvalue weighted by molar-refractivity contribution is 7.07. The number of piperazine rings is 1. The van der Waals surface area contributed by atoms with Gasteiger partial charge in [-0.05, 0) is 42.3 Å². The van der Waals surface area contributed by atoms with Gasteiger partial charge in [-0.25, -0.2) is 0 Å². The molecule has 1 N–H and O–H groups in total. The van der Waals surface area contributed by atoms with Crippen molar-refractivity contribution in [2.45, 2.75) is 19.9 Å². The van der Waals surface area contributed by atoms with Gasteiger partial charge in [0, 0.05) is 37.9 Å². The maximum atomic E-state index is 12.6. The minimum absolute atomic E-state index is 0.00897. The molecule has 23 heavy (non-hydrogen) atoms. The average molecular weight is 331 g/mol.